The summed E-state index contributed by atoms with van der Waals surface area (Å²) in [7, 11) is 1.74. The van der Waals surface area contributed by atoms with Gasteiger partial charge in [-0.1, -0.05) is 23.2 Å². The van der Waals surface area contributed by atoms with Gasteiger partial charge in [-0.2, -0.15) is 13.2 Å². The number of benzene rings is 2. The molecule has 1 fully saturated rings. The zero-order valence-corrected chi connectivity index (χ0v) is 21.9. The van der Waals surface area contributed by atoms with Crippen LogP contribution in [0, 0.1) is 12.8 Å². The van der Waals surface area contributed by atoms with Crippen LogP contribution in [0.4, 0.5) is 13.2 Å². The van der Waals surface area contributed by atoms with Crippen molar-refractivity contribution in [3.63, 3.8) is 0 Å². The van der Waals surface area contributed by atoms with E-state index in [1.54, 1.807) is 37.6 Å². The average Bonchev–Trinajstić information content (AvgIpc) is 3.14. The predicted molar refractivity (Wildman–Crippen MR) is 135 cm³/mol. The van der Waals surface area contributed by atoms with E-state index in [1.165, 1.54) is 6.07 Å². The Bertz CT molecular complexity index is 1280. The van der Waals surface area contributed by atoms with Crippen LogP contribution >= 0.6 is 23.2 Å². The van der Waals surface area contributed by atoms with Gasteiger partial charge in [0.05, 0.1) is 29.2 Å². The van der Waals surface area contributed by atoms with Gasteiger partial charge in [0, 0.05) is 35.1 Å². The lowest BCUT2D eigenvalue weighted by Crippen LogP contribution is -2.29. The Labute approximate surface area is 218 Å². The maximum atomic E-state index is 13.3. The Morgan fingerprint density at radius 2 is 1.81 bits per heavy atom. The first kappa shape index (κ1) is 26.7. The molecule has 0 saturated heterocycles. The Balaban J connectivity index is 1.56. The summed E-state index contributed by atoms with van der Waals surface area (Å²) in [6, 6.07) is 7.66. The van der Waals surface area contributed by atoms with Crippen LogP contribution in [-0.4, -0.2) is 23.2 Å². The van der Waals surface area contributed by atoms with Crippen molar-refractivity contribution in [3.05, 3.63) is 62.8 Å². The second-order valence-electron chi connectivity index (χ2n) is 9.28. The fraction of sp³-hybridized carbons (Fsp3) is 0.444. The molecule has 0 spiro atoms. The number of carbonyl (C=O) groups is 1. The smallest absolute Gasteiger partial charge is 0.416 e. The number of aromatic nitrogens is 1. The second-order valence-corrected chi connectivity index (χ2v) is 10.1. The van der Waals surface area contributed by atoms with Gasteiger partial charge in [0.1, 0.15) is 5.75 Å². The molecule has 0 amide bonds. The van der Waals surface area contributed by atoms with E-state index in [4.69, 9.17) is 32.7 Å². The molecule has 0 unspecified atom stereocenters. The highest BCUT2D eigenvalue weighted by molar-refractivity contribution is 6.37. The first-order chi connectivity index (χ1) is 17.0. The molecule has 0 aliphatic heterocycles. The molecule has 0 bridgehead atoms. The highest BCUT2D eigenvalue weighted by Crippen LogP contribution is 2.39. The summed E-state index contributed by atoms with van der Waals surface area (Å²) in [5.74, 6) is 0.245. The van der Waals surface area contributed by atoms with Crippen LogP contribution in [0.3, 0.4) is 0 Å². The van der Waals surface area contributed by atoms with Crippen molar-refractivity contribution in [2.24, 2.45) is 13.0 Å². The lowest BCUT2D eigenvalue weighted by Gasteiger charge is -2.28. The number of halogens is 5. The van der Waals surface area contributed by atoms with E-state index < -0.39 is 11.7 Å². The molecule has 194 valence electrons. The molecule has 1 aliphatic rings. The molecular formula is C27H28Cl2F3NO3. The van der Waals surface area contributed by atoms with E-state index >= 15 is 0 Å². The fourth-order valence-corrected chi connectivity index (χ4v) is 5.41. The normalized spacial score (nSPS) is 18.4. The van der Waals surface area contributed by atoms with Crippen molar-refractivity contribution in [1.82, 2.24) is 4.57 Å². The van der Waals surface area contributed by atoms with Crippen molar-refractivity contribution >= 4 is 40.1 Å². The standard InChI is InChI=1S/C27H28Cl2F3NO3/c1-4-35-26(34)16-5-7-19(8-6-16)36-24-10-9-22(28)21(25(24)29)14-18-13-20-15(2)11-17(27(30,31)32)12-23(20)33(18)3/h9-13,16,19H,4-8,14H2,1-3H3/t16-,19-. The van der Waals surface area contributed by atoms with E-state index in [2.05, 4.69) is 0 Å². The summed E-state index contributed by atoms with van der Waals surface area (Å²) in [5, 5.41) is 1.59. The van der Waals surface area contributed by atoms with Gasteiger partial charge in [0.15, 0.2) is 0 Å². The van der Waals surface area contributed by atoms with E-state index in [1.807, 2.05) is 6.07 Å². The van der Waals surface area contributed by atoms with Gasteiger partial charge >= 0.3 is 12.1 Å². The maximum Gasteiger partial charge on any atom is 0.416 e. The first-order valence-corrected chi connectivity index (χ1v) is 12.7. The average molecular weight is 542 g/mol. The number of ether oxygens (including phenoxy) is 2. The molecule has 0 N–H and O–H groups in total. The van der Waals surface area contributed by atoms with Crippen LogP contribution in [-0.2, 0) is 29.2 Å². The molecule has 4 nitrogen and oxygen atoms in total. The van der Waals surface area contributed by atoms with Crippen molar-refractivity contribution in [3.8, 4) is 5.75 Å². The first-order valence-electron chi connectivity index (χ1n) is 12.0. The molecule has 1 heterocycles. The molecule has 3 aromatic rings. The molecule has 36 heavy (non-hydrogen) atoms. The molecule has 2 aromatic carbocycles. The zero-order chi connectivity index (χ0) is 26.2. The van der Waals surface area contributed by atoms with Gasteiger partial charge in [0.2, 0.25) is 0 Å². The van der Waals surface area contributed by atoms with Crippen molar-refractivity contribution in [1.29, 1.82) is 0 Å². The van der Waals surface area contributed by atoms with Crippen LogP contribution < -0.4 is 4.74 Å². The van der Waals surface area contributed by atoms with Gasteiger partial charge in [-0.05, 0) is 81.0 Å². The molecule has 1 saturated carbocycles. The molecule has 9 heteroatoms. The highest BCUT2D eigenvalue weighted by Gasteiger charge is 2.32. The fourth-order valence-electron chi connectivity index (χ4n) is 4.86. The molecule has 0 radical (unpaired) electrons. The topological polar surface area (TPSA) is 40.5 Å². The predicted octanol–water partition coefficient (Wildman–Crippen LogP) is 7.90. The van der Waals surface area contributed by atoms with Crippen LogP contribution in [0.5, 0.6) is 5.75 Å². The van der Waals surface area contributed by atoms with E-state index in [0.29, 0.717) is 71.1 Å². The number of fused-ring (bicyclic) bond motifs is 1. The minimum atomic E-state index is -4.42. The third-order valence-corrected chi connectivity index (χ3v) is 7.66. The van der Waals surface area contributed by atoms with Gasteiger partial charge < -0.3 is 14.0 Å². The number of hydrogen-bond acceptors (Lipinski definition) is 3. The lowest BCUT2D eigenvalue weighted by molar-refractivity contribution is -0.149. The van der Waals surface area contributed by atoms with E-state index in [-0.39, 0.29) is 18.0 Å². The Hall–Kier alpha value is -2.38. The van der Waals surface area contributed by atoms with Crippen molar-refractivity contribution < 1.29 is 27.4 Å². The monoisotopic (exact) mass is 541 g/mol. The summed E-state index contributed by atoms with van der Waals surface area (Å²) in [5.41, 5.74) is 1.80. The quantitative estimate of drug-likeness (QED) is 0.297. The van der Waals surface area contributed by atoms with Crippen LogP contribution in [0.2, 0.25) is 10.0 Å². The Morgan fingerprint density at radius 1 is 1.11 bits per heavy atom. The van der Waals surface area contributed by atoms with Crippen LogP contribution in [0.25, 0.3) is 10.9 Å². The van der Waals surface area contributed by atoms with E-state index in [9.17, 15) is 18.0 Å². The van der Waals surface area contributed by atoms with Gasteiger partial charge in [0.25, 0.3) is 0 Å². The molecular weight excluding hydrogens is 514 g/mol. The van der Waals surface area contributed by atoms with Gasteiger partial charge in [-0.15, -0.1) is 0 Å². The maximum absolute atomic E-state index is 13.3. The summed E-state index contributed by atoms with van der Waals surface area (Å²) in [6.07, 6.45) is -1.37. The minimum absolute atomic E-state index is 0.0803. The largest absolute Gasteiger partial charge is 0.489 e. The number of nitrogens with zero attached hydrogens (tertiary/aromatic N) is 1. The molecule has 4 rings (SSSR count). The van der Waals surface area contributed by atoms with Gasteiger partial charge in [-0.25, -0.2) is 0 Å². The van der Waals surface area contributed by atoms with Crippen LogP contribution in [0.1, 0.15) is 55.0 Å². The third kappa shape index (κ3) is 5.47. The summed E-state index contributed by atoms with van der Waals surface area (Å²) >= 11 is 13.2. The van der Waals surface area contributed by atoms with Crippen molar-refractivity contribution in [2.45, 2.75) is 58.2 Å². The molecule has 1 aliphatic carbocycles. The number of rotatable bonds is 6. The third-order valence-electron chi connectivity index (χ3n) is 6.89. The zero-order valence-electron chi connectivity index (χ0n) is 20.3. The number of alkyl halides is 3. The number of carbonyl (C=O) groups excluding carboxylic acids is 1. The molecule has 0 atom stereocenters. The summed E-state index contributed by atoms with van der Waals surface area (Å²) in [6.45, 7) is 3.84. The number of aryl methyl sites for hydroxylation is 2. The van der Waals surface area contributed by atoms with Gasteiger partial charge in [-0.3, -0.25) is 4.79 Å². The lowest BCUT2D eigenvalue weighted by atomic mass is 9.87. The van der Waals surface area contributed by atoms with Crippen molar-refractivity contribution in [2.75, 3.05) is 6.61 Å². The number of esters is 1. The SMILES string of the molecule is CCOC(=O)[C@H]1CC[C@H](Oc2ccc(Cl)c(Cc3cc4c(C)cc(C(F)(F)F)cc4n3C)c2Cl)CC1. The Morgan fingerprint density at radius 3 is 2.44 bits per heavy atom. The second kappa shape index (κ2) is 10.5. The summed E-state index contributed by atoms with van der Waals surface area (Å²) in [4.78, 5) is 12.0. The van der Waals surface area contributed by atoms with E-state index in [0.717, 1.165) is 17.1 Å². The highest BCUT2D eigenvalue weighted by atomic mass is 35.5. The Kier molecular flexibility index (Phi) is 7.81. The number of hydrogen-bond donors (Lipinski definition) is 0. The minimum Gasteiger partial charge on any atom is -0.489 e. The molecule has 1 aromatic heterocycles. The van der Waals surface area contributed by atoms with Crippen LogP contribution in [0.15, 0.2) is 30.3 Å². The summed E-state index contributed by atoms with van der Waals surface area (Å²) < 4.78 is 53.1.